The van der Waals surface area contributed by atoms with Gasteiger partial charge in [-0.3, -0.25) is 9.78 Å². The Labute approximate surface area is 179 Å². The molecule has 6 heteroatoms. The summed E-state index contributed by atoms with van der Waals surface area (Å²) in [5.41, 5.74) is 0.537. The van der Waals surface area contributed by atoms with E-state index in [4.69, 9.17) is 4.74 Å². The molecule has 3 heterocycles. The van der Waals surface area contributed by atoms with Crippen molar-refractivity contribution < 1.29 is 18.3 Å². The largest absolute Gasteiger partial charge is 0.487 e. The van der Waals surface area contributed by atoms with Gasteiger partial charge in [-0.2, -0.15) is 0 Å². The van der Waals surface area contributed by atoms with Crippen LogP contribution < -0.4 is 4.74 Å². The second-order valence-electron chi connectivity index (χ2n) is 9.42. The number of hydrogen-bond acceptors (Lipinski definition) is 3. The molecule has 2 saturated carbocycles. The summed E-state index contributed by atoms with van der Waals surface area (Å²) >= 11 is 0. The van der Waals surface area contributed by atoms with E-state index >= 15 is 0 Å². The minimum absolute atomic E-state index is 0.0799. The molecule has 0 unspecified atom stereocenters. The molecule has 4 bridgehead atoms. The SMILES string of the molecule is O=C(N1C[C@@H]2C[C@H]1c1cncc(C#Cc3ccc(F)cc3)c1O2)C12CCC(F)(CC1)C2. The van der Waals surface area contributed by atoms with Crippen LogP contribution in [0.5, 0.6) is 5.75 Å². The molecular formula is C25H22F2N2O2. The van der Waals surface area contributed by atoms with Crippen LogP contribution in [0.25, 0.3) is 0 Å². The van der Waals surface area contributed by atoms with E-state index in [-0.39, 0.29) is 23.9 Å². The zero-order valence-corrected chi connectivity index (χ0v) is 17.0. The lowest BCUT2D eigenvalue weighted by Gasteiger charge is -2.33. The van der Waals surface area contributed by atoms with Gasteiger partial charge >= 0.3 is 0 Å². The standard InChI is InChI=1S/C25H22F2N2O2/c26-18-5-2-16(3-6-18)1-4-17-12-28-13-20-21-11-19(31-22(17)20)14-29(21)23(30)24-7-9-25(27,15-24)10-8-24/h2-3,5-6,12-13,19,21H,7-11,14-15H2/t19-,21-,24?,25?/m0/s1. The van der Waals surface area contributed by atoms with Crippen molar-refractivity contribution in [3.8, 4) is 17.6 Å². The summed E-state index contributed by atoms with van der Waals surface area (Å²) in [6.45, 7) is 0.518. The first kappa shape index (κ1) is 18.8. The number of carbonyl (C=O) groups is 1. The average Bonchev–Trinajstić information content (AvgIpc) is 3.42. The summed E-state index contributed by atoms with van der Waals surface area (Å²) in [7, 11) is 0. The molecule has 0 spiro atoms. The van der Waals surface area contributed by atoms with Crippen LogP contribution in [0.1, 0.15) is 61.3 Å². The predicted octanol–water partition coefficient (Wildman–Crippen LogP) is 4.33. The number of hydrogen-bond donors (Lipinski definition) is 0. The summed E-state index contributed by atoms with van der Waals surface area (Å²) in [6.07, 6.45) is 6.70. The van der Waals surface area contributed by atoms with Crippen LogP contribution >= 0.6 is 0 Å². The highest BCUT2D eigenvalue weighted by atomic mass is 19.1. The number of amides is 1. The molecule has 0 radical (unpaired) electrons. The monoisotopic (exact) mass is 420 g/mol. The number of rotatable bonds is 1. The fourth-order valence-electron chi connectivity index (χ4n) is 5.90. The summed E-state index contributed by atoms with van der Waals surface area (Å²) in [4.78, 5) is 19.8. The normalized spacial score (nSPS) is 32.3. The maximum atomic E-state index is 14.7. The predicted molar refractivity (Wildman–Crippen MR) is 109 cm³/mol. The topological polar surface area (TPSA) is 42.4 Å². The molecule has 2 aliphatic carbocycles. The Bertz CT molecular complexity index is 1130. The summed E-state index contributed by atoms with van der Waals surface area (Å²) in [6, 6.07) is 5.90. The molecule has 1 saturated heterocycles. The van der Waals surface area contributed by atoms with Crippen LogP contribution in [0.4, 0.5) is 8.78 Å². The lowest BCUT2D eigenvalue weighted by atomic mass is 9.82. The van der Waals surface area contributed by atoms with Gasteiger partial charge in [-0.1, -0.05) is 11.8 Å². The van der Waals surface area contributed by atoms with Gasteiger partial charge in [-0.15, -0.1) is 0 Å². The highest BCUT2D eigenvalue weighted by Gasteiger charge is 2.61. The van der Waals surface area contributed by atoms with Gasteiger partial charge in [0.05, 0.1) is 23.6 Å². The average molecular weight is 420 g/mol. The smallest absolute Gasteiger partial charge is 0.229 e. The minimum atomic E-state index is -1.15. The van der Waals surface area contributed by atoms with Crippen LogP contribution in [0.15, 0.2) is 36.7 Å². The third-order valence-corrected chi connectivity index (χ3v) is 7.49. The minimum Gasteiger partial charge on any atom is -0.487 e. The van der Waals surface area contributed by atoms with E-state index in [9.17, 15) is 13.6 Å². The van der Waals surface area contributed by atoms with Crippen LogP contribution in [-0.4, -0.2) is 34.1 Å². The van der Waals surface area contributed by atoms with Crippen molar-refractivity contribution in [2.45, 2.75) is 56.3 Å². The van der Waals surface area contributed by atoms with Crippen LogP contribution in [0, 0.1) is 23.1 Å². The van der Waals surface area contributed by atoms with Crippen LogP contribution in [0.3, 0.4) is 0 Å². The van der Waals surface area contributed by atoms with Crippen molar-refractivity contribution in [1.82, 2.24) is 9.88 Å². The van der Waals surface area contributed by atoms with E-state index in [2.05, 4.69) is 16.8 Å². The van der Waals surface area contributed by atoms with E-state index in [0.29, 0.717) is 55.5 Å². The number of benzene rings is 1. The van der Waals surface area contributed by atoms with Crippen molar-refractivity contribution in [3.63, 3.8) is 0 Å². The van der Waals surface area contributed by atoms with Crippen molar-refractivity contribution in [3.05, 3.63) is 59.2 Å². The third-order valence-electron chi connectivity index (χ3n) is 7.49. The first-order valence-corrected chi connectivity index (χ1v) is 10.9. The van der Waals surface area contributed by atoms with E-state index in [0.717, 1.165) is 12.0 Å². The van der Waals surface area contributed by atoms with Crippen molar-refractivity contribution in [2.75, 3.05) is 6.54 Å². The van der Waals surface area contributed by atoms with E-state index in [1.807, 2.05) is 4.90 Å². The lowest BCUT2D eigenvalue weighted by Crippen LogP contribution is -2.41. The zero-order chi connectivity index (χ0) is 21.2. The van der Waals surface area contributed by atoms with Gasteiger partial charge in [0.25, 0.3) is 0 Å². The number of fused-ring (bicyclic) bond motifs is 6. The third kappa shape index (κ3) is 2.94. The molecule has 3 fully saturated rings. The molecule has 0 N–H and O–H groups in total. The summed E-state index contributed by atoms with van der Waals surface area (Å²) in [5.74, 6) is 6.58. The Kier molecular flexibility index (Phi) is 3.96. The van der Waals surface area contributed by atoms with E-state index < -0.39 is 11.1 Å². The molecule has 6 rings (SSSR count). The maximum Gasteiger partial charge on any atom is 0.229 e. The second-order valence-corrected chi connectivity index (χ2v) is 9.42. The number of ether oxygens (including phenoxy) is 1. The molecule has 158 valence electrons. The van der Waals surface area contributed by atoms with Gasteiger partial charge in [-0.25, -0.2) is 8.78 Å². The van der Waals surface area contributed by atoms with Gasteiger partial charge in [0.2, 0.25) is 5.91 Å². The van der Waals surface area contributed by atoms with Gasteiger partial charge in [0.15, 0.2) is 0 Å². The van der Waals surface area contributed by atoms with Crippen molar-refractivity contribution in [1.29, 1.82) is 0 Å². The Hall–Kier alpha value is -2.94. The van der Waals surface area contributed by atoms with Crippen LogP contribution in [0.2, 0.25) is 0 Å². The molecule has 2 atom stereocenters. The van der Waals surface area contributed by atoms with Gasteiger partial charge in [-0.05, 0) is 56.4 Å². The number of likely N-dealkylation sites (tertiary alicyclic amines) is 1. The molecule has 2 aliphatic heterocycles. The molecule has 4 aliphatic rings. The number of aromatic nitrogens is 1. The molecular weight excluding hydrogens is 398 g/mol. The van der Waals surface area contributed by atoms with E-state index in [1.165, 1.54) is 12.1 Å². The van der Waals surface area contributed by atoms with Crippen molar-refractivity contribution in [2.24, 2.45) is 5.41 Å². The second kappa shape index (κ2) is 6.53. The lowest BCUT2D eigenvalue weighted by molar-refractivity contribution is -0.142. The Morgan fingerprint density at radius 1 is 1.13 bits per heavy atom. The highest BCUT2D eigenvalue weighted by molar-refractivity contribution is 5.85. The summed E-state index contributed by atoms with van der Waals surface area (Å²) < 4.78 is 34.1. The van der Waals surface area contributed by atoms with Crippen LogP contribution in [-0.2, 0) is 4.79 Å². The van der Waals surface area contributed by atoms with Gasteiger partial charge < -0.3 is 9.64 Å². The molecule has 4 nitrogen and oxygen atoms in total. The fraction of sp³-hybridized carbons (Fsp3) is 0.440. The first-order valence-electron chi connectivity index (χ1n) is 10.9. The number of halogens is 2. The summed E-state index contributed by atoms with van der Waals surface area (Å²) in [5, 5.41) is 0. The van der Waals surface area contributed by atoms with Gasteiger partial charge in [0.1, 0.15) is 23.3 Å². The number of pyridine rings is 1. The van der Waals surface area contributed by atoms with Crippen molar-refractivity contribution >= 4 is 5.91 Å². The Morgan fingerprint density at radius 2 is 1.90 bits per heavy atom. The van der Waals surface area contributed by atoms with Gasteiger partial charge in [0, 0.05) is 29.9 Å². The zero-order valence-electron chi connectivity index (χ0n) is 17.0. The highest BCUT2D eigenvalue weighted by Crippen LogP contribution is 2.60. The number of nitrogens with zero attached hydrogens (tertiary/aromatic N) is 2. The number of carbonyl (C=O) groups excluding carboxylic acids is 1. The first-order chi connectivity index (χ1) is 14.9. The van der Waals surface area contributed by atoms with E-state index in [1.54, 1.807) is 24.5 Å². The maximum absolute atomic E-state index is 14.7. The number of alkyl halides is 1. The molecule has 1 aromatic carbocycles. The molecule has 1 amide bonds. The Morgan fingerprint density at radius 3 is 2.61 bits per heavy atom. The molecule has 2 aromatic rings. The fourth-order valence-corrected chi connectivity index (χ4v) is 5.90. The molecule has 1 aromatic heterocycles. The quantitative estimate of drug-likeness (QED) is 0.645. The molecule has 31 heavy (non-hydrogen) atoms. The Balaban J connectivity index is 1.31.